The zero-order valence-corrected chi connectivity index (χ0v) is 104. The summed E-state index contributed by atoms with van der Waals surface area (Å²) in [6.45, 7) is 109. The molecular formula is C141H231O4P. The van der Waals surface area contributed by atoms with Gasteiger partial charge in [0.25, 0.3) is 0 Å². The van der Waals surface area contributed by atoms with Gasteiger partial charge >= 0.3 is 7.82 Å². The summed E-state index contributed by atoms with van der Waals surface area (Å²) in [5.74, 6) is 0. The molecule has 0 fully saturated rings. The van der Waals surface area contributed by atoms with E-state index in [2.05, 4.69) is 379 Å². The molecule has 0 aliphatic carbocycles. The molecule has 0 N–H and O–H groups in total. The van der Waals surface area contributed by atoms with Crippen LogP contribution in [0.3, 0.4) is 0 Å². The van der Waals surface area contributed by atoms with Gasteiger partial charge in [-0.3, -0.25) is 13.6 Å². The number of rotatable bonds is 60. The number of hydrogen-bond acceptors (Lipinski definition) is 4. The molecule has 0 bridgehead atoms. The summed E-state index contributed by atoms with van der Waals surface area (Å²) in [4.78, 5) is 0. The largest absolute Gasteiger partial charge is 0.479 e. The molecule has 0 heterocycles. The summed E-state index contributed by atoms with van der Waals surface area (Å²) >= 11 is 0. The first-order valence-electron chi connectivity index (χ1n) is 60.3. The van der Waals surface area contributed by atoms with Crippen molar-refractivity contribution in [2.24, 2.45) is 0 Å². The van der Waals surface area contributed by atoms with Crippen LogP contribution >= 0.6 is 7.82 Å². The maximum absolute atomic E-state index is 22.2. The van der Waals surface area contributed by atoms with Crippen molar-refractivity contribution in [3.05, 3.63) is 246 Å². The molecule has 0 amide bonds. The van der Waals surface area contributed by atoms with Crippen molar-refractivity contribution >= 4 is 7.82 Å². The molecule has 0 atom stereocenters. The fourth-order valence-corrected chi connectivity index (χ4v) is 24.5. The van der Waals surface area contributed by atoms with E-state index in [0.717, 1.165) is 141 Å². The number of phosphoric acid groups is 1. The molecule has 6 rings (SSSR count). The van der Waals surface area contributed by atoms with Crippen molar-refractivity contribution in [1.29, 1.82) is 0 Å². The first-order chi connectivity index (χ1) is 67.6. The third-order valence-electron chi connectivity index (χ3n) is 32.2. The Labute approximate surface area is 906 Å². The molecule has 0 spiro atoms. The summed E-state index contributed by atoms with van der Waals surface area (Å²) in [6.07, 6.45) is 53.4. The van der Waals surface area contributed by atoms with E-state index in [1.165, 1.54) is 245 Å². The van der Waals surface area contributed by atoms with E-state index in [0.29, 0.717) is 19.3 Å². The van der Waals surface area contributed by atoms with E-state index >= 15 is 4.57 Å². The summed E-state index contributed by atoms with van der Waals surface area (Å²) in [5.41, 5.74) is 10.9. The first-order valence-corrected chi connectivity index (χ1v) is 61.7. The van der Waals surface area contributed by atoms with Crippen molar-refractivity contribution in [2.45, 2.75) is 641 Å². The van der Waals surface area contributed by atoms with Gasteiger partial charge in [0, 0.05) is 0 Å². The highest BCUT2D eigenvalue weighted by molar-refractivity contribution is 7.48. The normalized spacial score (nSPS) is 13.6. The summed E-state index contributed by atoms with van der Waals surface area (Å²) in [6, 6.07) is 43.5. The third-order valence-corrected chi connectivity index (χ3v) is 33.7. The highest BCUT2D eigenvalue weighted by atomic mass is 31.2. The van der Waals surface area contributed by atoms with E-state index in [1.54, 1.807) is 0 Å². The Morgan fingerprint density at radius 1 is 0.178 bits per heavy atom. The molecule has 0 unspecified atom stereocenters. The van der Waals surface area contributed by atoms with Crippen molar-refractivity contribution in [2.75, 3.05) is 0 Å². The van der Waals surface area contributed by atoms with Gasteiger partial charge in [-0.15, -0.1) is 0 Å². The van der Waals surface area contributed by atoms with Gasteiger partial charge in [-0.1, -0.05) is 649 Å². The average Bonchev–Trinajstić information content (AvgIpc) is 0.694. The molecule has 6 aromatic rings. The van der Waals surface area contributed by atoms with Gasteiger partial charge in [-0.25, -0.2) is 4.57 Å². The lowest BCUT2D eigenvalue weighted by atomic mass is 9.67. The second-order valence-electron chi connectivity index (χ2n) is 58.2. The Hall–Kier alpha value is -5.35. The van der Waals surface area contributed by atoms with Crippen molar-refractivity contribution < 1.29 is 18.1 Å². The molecule has 4 nitrogen and oxygen atoms in total. The minimum atomic E-state index is -5.84. The van der Waals surface area contributed by atoms with Gasteiger partial charge in [-0.2, -0.15) is 0 Å². The van der Waals surface area contributed by atoms with Crippen LogP contribution < -0.4 is 0 Å². The van der Waals surface area contributed by atoms with E-state index in [1.807, 2.05) is 0 Å². The van der Waals surface area contributed by atoms with Gasteiger partial charge in [0.05, 0.1) is 0 Å². The molecule has 6 aromatic carbocycles. The molecular weight excluding hydrogens is 1790 g/mol. The lowest BCUT2D eigenvalue weighted by Gasteiger charge is -2.50. The van der Waals surface area contributed by atoms with Crippen LogP contribution in [0.25, 0.3) is 0 Å². The monoisotopic (exact) mass is 2020 g/mol. The molecule has 0 aromatic heterocycles. The van der Waals surface area contributed by atoms with Crippen LogP contribution in [0.15, 0.2) is 146 Å². The fraction of sp³-hybridized carbons (Fsp3) is 0.702. The van der Waals surface area contributed by atoms with Gasteiger partial charge in [-0.05, 0) is 220 Å². The van der Waals surface area contributed by atoms with Gasteiger partial charge in [0.1, 0.15) is 0 Å². The van der Waals surface area contributed by atoms with Crippen molar-refractivity contribution in [1.82, 2.24) is 0 Å². The predicted octanol–water partition coefficient (Wildman–Crippen LogP) is 45.8. The number of benzene rings is 6. The van der Waals surface area contributed by atoms with Crippen LogP contribution in [0.2, 0.25) is 0 Å². The number of phosphoric ester groups is 1. The van der Waals surface area contributed by atoms with Crippen molar-refractivity contribution in [3.8, 4) is 0 Å². The van der Waals surface area contributed by atoms with Crippen LogP contribution in [0.4, 0.5) is 0 Å². The zero-order chi connectivity index (χ0) is 110. The summed E-state index contributed by atoms with van der Waals surface area (Å²) in [7, 11) is -5.84. The molecule has 0 aliphatic heterocycles. The maximum atomic E-state index is 22.2. The third kappa shape index (κ3) is 37.5. The standard InChI is InChI=1S/C141H231O4P/c1-43-46-49-52-55-58-61-64-67-70-73-76-79-82-85-106(4)139(115-94-88-109(127(7,8)9)100-121(115)133(25,26)27,116-95-89-110(128(10,11)12)101-122(116)134(28,29)30)143-146(142,144-140(117-96-90-111(129(13,14)15)102-123(117)135(31,32)33,118-97-91-112(130(16,17)18)103-124(118)136(34,35)36)107(5)86-83-80-77-74-71-68-65-62-59-56-53-50-47-44-2)145-141(119-98-92-113(131(19,20)21)104-125(119)137(37,38)39,120-99-93-114(132(22,23)24)105-126(120)138(40,41)42)108(6)87-84-81-78-75-72-69-66-63-60-57-54-51-48-45-3/h88-105H,4-6,43-87H2,1-3,7-42H3. The van der Waals surface area contributed by atoms with E-state index in [9.17, 15) is 13.6 Å². The Morgan fingerprint density at radius 2 is 0.295 bits per heavy atom. The highest BCUT2D eigenvalue weighted by Gasteiger charge is 2.61. The lowest BCUT2D eigenvalue weighted by molar-refractivity contribution is -0.0197. The first kappa shape index (κ1) is 129. The average molecular weight is 2020 g/mol. The minimum absolute atomic E-state index is 0.277. The summed E-state index contributed by atoms with van der Waals surface area (Å²) in [5, 5.41) is 0. The van der Waals surface area contributed by atoms with E-state index in [4.69, 9.17) is 19.7 Å². The maximum Gasteiger partial charge on any atom is 0.479 e. The number of unbranched alkanes of at least 4 members (excludes halogenated alkanes) is 39. The quantitative estimate of drug-likeness (QED) is 0.0217. The van der Waals surface area contributed by atoms with Gasteiger partial charge in [0.15, 0.2) is 16.8 Å². The Bertz CT molecular complexity index is 4290. The van der Waals surface area contributed by atoms with Gasteiger partial charge < -0.3 is 0 Å². The molecule has 0 aliphatic rings. The second-order valence-corrected chi connectivity index (χ2v) is 59.6. The molecule has 824 valence electrons. The number of hydrogen-bond donors (Lipinski definition) is 0. The topological polar surface area (TPSA) is 44.8 Å². The smallest absolute Gasteiger partial charge is 0.266 e. The fourth-order valence-electron chi connectivity index (χ4n) is 22.4. The molecule has 0 saturated heterocycles. The Morgan fingerprint density at radius 3 is 0.404 bits per heavy atom. The molecule has 0 radical (unpaired) electrons. The lowest BCUT2D eigenvalue weighted by Crippen LogP contribution is -2.44. The SMILES string of the molecule is C=C(CCCCCCCCCCCCCCCC)C(OP(=O)(OC(C(=C)CCCCCCCCCCCCCCCC)(c1ccc(C(C)(C)C)cc1C(C)(C)C)c1ccc(C(C)(C)C)cc1C(C)(C)C)OC(C(=C)CCCCCCCCCCCCCCCC)(c1ccc(C(C)(C)C)cc1C(C)(C)C)c1ccc(C(C)(C)C)cc1C(C)(C)C)(c1ccc(C(C)(C)C)cc1C(C)(C)C)c1ccc(C(C)(C)C)cc1C(C)(C)C. The molecule has 5 heteroatoms. The summed E-state index contributed by atoms with van der Waals surface area (Å²) < 4.78 is 51.1. The Kier molecular flexibility index (Phi) is 49.3. The van der Waals surface area contributed by atoms with Crippen LogP contribution in [0.1, 0.15) is 659 Å². The molecule has 0 saturated carbocycles. The van der Waals surface area contributed by atoms with E-state index < -0.39 is 57.1 Å². The van der Waals surface area contributed by atoms with Crippen molar-refractivity contribution in [3.63, 3.8) is 0 Å². The van der Waals surface area contributed by atoms with Crippen LogP contribution in [-0.4, -0.2) is 0 Å². The van der Waals surface area contributed by atoms with Gasteiger partial charge in [0.2, 0.25) is 0 Å². The minimum Gasteiger partial charge on any atom is -0.266 e. The highest BCUT2D eigenvalue weighted by Crippen LogP contribution is 2.72. The molecule has 146 heavy (non-hydrogen) atoms. The Balaban J connectivity index is 2.09. The van der Waals surface area contributed by atoms with Crippen LogP contribution in [-0.2, 0) is 99.9 Å². The predicted molar refractivity (Wildman–Crippen MR) is 648 cm³/mol. The second kappa shape index (κ2) is 55.6. The van der Waals surface area contributed by atoms with Crippen LogP contribution in [0.5, 0.6) is 0 Å². The van der Waals surface area contributed by atoms with E-state index in [-0.39, 0.29) is 32.5 Å². The zero-order valence-electron chi connectivity index (χ0n) is 103. The van der Waals surface area contributed by atoms with Crippen LogP contribution in [0, 0.1) is 0 Å².